The first-order chi connectivity index (χ1) is 10.7. The molecule has 1 aliphatic rings. The first-order valence-corrected chi connectivity index (χ1v) is 8.26. The van der Waals surface area contributed by atoms with Crippen LogP contribution in [0.3, 0.4) is 0 Å². The Morgan fingerprint density at radius 3 is 2.78 bits per heavy atom. The molecule has 2 aromatic rings. The summed E-state index contributed by atoms with van der Waals surface area (Å²) in [6.45, 7) is 2.89. The van der Waals surface area contributed by atoms with Gasteiger partial charge >= 0.3 is 0 Å². The van der Waals surface area contributed by atoms with E-state index in [4.69, 9.17) is 5.73 Å². The van der Waals surface area contributed by atoms with E-state index in [1.807, 2.05) is 4.90 Å². The van der Waals surface area contributed by atoms with E-state index in [0.717, 1.165) is 32.2 Å². The Morgan fingerprint density at radius 2 is 2.00 bits per heavy atom. The van der Waals surface area contributed by atoms with Crippen molar-refractivity contribution in [1.82, 2.24) is 4.90 Å². The van der Waals surface area contributed by atoms with Gasteiger partial charge in [0.1, 0.15) is 0 Å². The number of carbonyl (C=O) groups excluding carboxylic acids is 1. The summed E-state index contributed by atoms with van der Waals surface area (Å²) in [5, 5.41) is 2.48. The lowest BCUT2D eigenvalue weighted by Gasteiger charge is -2.28. The van der Waals surface area contributed by atoms with Crippen molar-refractivity contribution >= 4 is 29.1 Å². The average Bonchev–Trinajstić information content (AvgIpc) is 3.03. The maximum absolute atomic E-state index is 12.7. The largest absolute Gasteiger partial charge is 0.334 e. The molecule has 1 heterocycles. The van der Waals surface area contributed by atoms with E-state index in [1.54, 1.807) is 0 Å². The lowest BCUT2D eigenvalue weighted by Crippen LogP contribution is -2.43. The molecule has 1 amide bonds. The van der Waals surface area contributed by atoms with Gasteiger partial charge < -0.3 is 10.6 Å². The summed E-state index contributed by atoms with van der Waals surface area (Å²) in [6, 6.07) is 14.6. The van der Waals surface area contributed by atoms with Crippen LogP contribution in [0.1, 0.15) is 44.2 Å². The summed E-state index contributed by atoms with van der Waals surface area (Å²) in [4.78, 5) is 14.7. The SMILES string of the molecule is CCCC(N)C(=O)N1CCCC1c1cccc2ccccc12.Cl. The summed E-state index contributed by atoms with van der Waals surface area (Å²) in [5.41, 5.74) is 7.33. The van der Waals surface area contributed by atoms with E-state index in [-0.39, 0.29) is 30.4 Å². The van der Waals surface area contributed by atoms with Crippen LogP contribution in [0.15, 0.2) is 42.5 Å². The van der Waals surface area contributed by atoms with Gasteiger partial charge in [-0.2, -0.15) is 0 Å². The molecular formula is C19H25ClN2O. The minimum atomic E-state index is -0.361. The van der Waals surface area contributed by atoms with E-state index in [9.17, 15) is 4.79 Å². The first kappa shape index (κ1) is 17.8. The van der Waals surface area contributed by atoms with Crippen molar-refractivity contribution < 1.29 is 4.79 Å². The lowest BCUT2D eigenvalue weighted by atomic mass is 9.97. The van der Waals surface area contributed by atoms with Gasteiger partial charge in [-0.25, -0.2) is 0 Å². The van der Waals surface area contributed by atoms with E-state index >= 15 is 0 Å². The number of hydrogen-bond acceptors (Lipinski definition) is 2. The van der Waals surface area contributed by atoms with E-state index < -0.39 is 0 Å². The molecular weight excluding hydrogens is 308 g/mol. The number of hydrogen-bond donors (Lipinski definition) is 1. The monoisotopic (exact) mass is 332 g/mol. The molecule has 1 fully saturated rings. The molecule has 2 N–H and O–H groups in total. The molecule has 124 valence electrons. The van der Waals surface area contributed by atoms with Crippen molar-refractivity contribution in [2.24, 2.45) is 5.73 Å². The van der Waals surface area contributed by atoms with Crippen LogP contribution in [0, 0.1) is 0 Å². The van der Waals surface area contributed by atoms with E-state index in [1.165, 1.54) is 16.3 Å². The van der Waals surface area contributed by atoms with Crippen LogP contribution in [0.4, 0.5) is 0 Å². The number of halogens is 1. The average molecular weight is 333 g/mol. The molecule has 3 rings (SSSR count). The highest BCUT2D eigenvalue weighted by atomic mass is 35.5. The van der Waals surface area contributed by atoms with Crippen LogP contribution in [0.25, 0.3) is 10.8 Å². The van der Waals surface area contributed by atoms with Crippen molar-refractivity contribution in [2.45, 2.75) is 44.7 Å². The fourth-order valence-electron chi connectivity index (χ4n) is 3.54. The summed E-state index contributed by atoms with van der Waals surface area (Å²) >= 11 is 0. The second-order valence-electron chi connectivity index (χ2n) is 6.15. The summed E-state index contributed by atoms with van der Waals surface area (Å²) in [7, 11) is 0. The molecule has 3 nitrogen and oxygen atoms in total. The van der Waals surface area contributed by atoms with E-state index in [0.29, 0.717) is 0 Å². The van der Waals surface area contributed by atoms with Crippen LogP contribution < -0.4 is 5.73 Å². The molecule has 1 aliphatic heterocycles. The molecule has 2 aromatic carbocycles. The Labute approximate surface area is 144 Å². The number of amides is 1. The quantitative estimate of drug-likeness (QED) is 0.918. The second kappa shape index (κ2) is 7.80. The molecule has 0 aliphatic carbocycles. The minimum Gasteiger partial charge on any atom is -0.334 e. The topological polar surface area (TPSA) is 46.3 Å². The van der Waals surface area contributed by atoms with Crippen LogP contribution in [-0.4, -0.2) is 23.4 Å². The van der Waals surface area contributed by atoms with Gasteiger partial charge in [0.15, 0.2) is 0 Å². The summed E-state index contributed by atoms with van der Waals surface area (Å²) < 4.78 is 0. The zero-order valence-electron chi connectivity index (χ0n) is 13.6. The van der Waals surface area contributed by atoms with E-state index in [2.05, 4.69) is 49.4 Å². The maximum atomic E-state index is 12.7. The van der Waals surface area contributed by atoms with Crippen molar-refractivity contribution in [1.29, 1.82) is 0 Å². The van der Waals surface area contributed by atoms with Crippen molar-refractivity contribution in [3.8, 4) is 0 Å². The molecule has 0 radical (unpaired) electrons. The third-order valence-corrected chi connectivity index (χ3v) is 4.64. The van der Waals surface area contributed by atoms with Gasteiger partial charge in [0.2, 0.25) is 5.91 Å². The maximum Gasteiger partial charge on any atom is 0.239 e. The normalized spacial score (nSPS) is 18.7. The van der Waals surface area contributed by atoms with Gasteiger partial charge in [-0.1, -0.05) is 55.8 Å². The number of carbonyl (C=O) groups is 1. The van der Waals surface area contributed by atoms with Crippen molar-refractivity contribution in [3.05, 3.63) is 48.0 Å². The highest BCUT2D eigenvalue weighted by Gasteiger charge is 2.32. The van der Waals surface area contributed by atoms with Gasteiger partial charge in [0.25, 0.3) is 0 Å². The molecule has 0 saturated carbocycles. The smallest absolute Gasteiger partial charge is 0.239 e. The second-order valence-corrected chi connectivity index (χ2v) is 6.15. The van der Waals surface area contributed by atoms with Gasteiger partial charge in [0.05, 0.1) is 12.1 Å². The fourth-order valence-corrected chi connectivity index (χ4v) is 3.54. The lowest BCUT2D eigenvalue weighted by molar-refractivity contribution is -0.133. The van der Waals surface area contributed by atoms with Crippen LogP contribution in [-0.2, 0) is 4.79 Å². The summed E-state index contributed by atoms with van der Waals surface area (Å²) in [6.07, 6.45) is 3.79. The Hall–Kier alpha value is -1.58. The molecule has 0 aromatic heterocycles. The highest BCUT2D eigenvalue weighted by Crippen LogP contribution is 2.36. The highest BCUT2D eigenvalue weighted by molar-refractivity contribution is 5.88. The Bertz CT molecular complexity index is 668. The predicted octanol–water partition coefficient (Wildman–Crippen LogP) is 4.05. The molecule has 2 unspecified atom stereocenters. The van der Waals surface area contributed by atoms with Crippen LogP contribution >= 0.6 is 12.4 Å². The molecule has 0 spiro atoms. The van der Waals surface area contributed by atoms with Gasteiger partial charge in [0, 0.05) is 6.54 Å². The van der Waals surface area contributed by atoms with Gasteiger partial charge in [-0.05, 0) is 35.6 Å². The zero-order valence-corrected chi connectivity index (χ0v) is 14.4. The number of fused-ring (bicyclic) bond motifs is 1. The van der Waals surface area contributed by atoms with Crippen LogP contribution in [0.2, 0.25) is 0 Å². The Balaban J connectivity index is 0.00000192. The van der Waals surface area contributed by atoms with Crippen LogP contribution in [0.5, 0.6) is 0 Å². The molecule has 0 bridgehead atoms. The first-order valence-electron chi connectivity index (χ1n) is 8.26. The molecule has 1 saturated heterocycles. The third kappa shape index (κ3) is 3.51. The molecule has 2 atom stereocenters. The number of nitrogens with two attached hydrogens (primary N) is 1. The van der Waals surface area contributed by atoms with Gasteiger partial charge in [-0.15, -0.1) is 12.4 Å². The number of nitrogens with zero attached hydrogens (tertiary/aromatic N) is 1. The fraction of sp³-hybridized carbons (Fsp3) is 0.421. The standard InChI is InChI=1S/C19H24N2O.ClH/c1-2-7-17(20)19(22)21-13-6-12-18(21)16-11-5-9-14-8-3-4-10-15(14)16;/h3-5,8-11,17-18H,2,6-7,12-13,20H2,1H3;1H. The third-order valence-electron chi connectivity index (χ3n) is 4.64. The number of likely N-dealkylation sites (tertiary alicyclic amines) is 1. The summed E-state index contributed by atoms with van der Waals surface area (Å²) in [5.74, 6) is 0.109. The Morgan fingerprint density at radius 1 is 1.26 bits per heavy atom. The Kier molecular flexibility index (Phi) is 6.03. The zero-order chi connectivity index (χ0) is 15.5. The van der Waals surface area contributed by atoms with Crippen molar-refractivity contribution in [2.75, 3.05) is 6.54 Å². The number of benzene rings is 2. The molecule has 4 heteroatoms. The predicted molar refractivity (Wildman–Crippen MR) is 97.8 cm³/mol. The van der Waals surface area contributed by atoms with Crippen molar-refractivity contribution in [3.63, 3.8) is 0 Å². The number of rotatable bonds is 4. The van der Waals surface area contributed by atoms with Gasteiger partial charge in [-0.3, -0.25) is 4.79 Å². The molecule has 23 heavy (non-hydrogen) atoms. The minimum absolute atomic E-state index is 0.